The SMILES string of the molecule is Cc1cc(C)c(S(=O)(=O)NC(C)C(=O)Nc2cc(Cl)ccc2Oc2ccccc2)c(C)c1. The van der Waals surface area contributed by atoms with E-state index in [0.29, 0.717) is 33.3 Å². The molecule has 3 aromatic carbocycles. The van der Waals surface area contributed by atoms with Crippen molar-refractivity contribution in [1.82, 2.24) is 4.72 Å². The lowest BCUT2D eigenvalue weighted by Gasteiger charge is -2.18. The second-order valence-electron chi connectivity index (χ2n) is 7.62. The lowest BCUT2D eigenvalue weighted by Crippen LogP contribution is -2.42. The van der Waals surface area contributed by atoms with Crippen molar-refractivity contribution < 1.29 is 17.9 Å². The van der Waals surface area contributed by atoms with Crippen molar-refractivity contribution in [3.05, 3.63) is 82.4 Å². The number of ether oxygens (including phenoxy) is 1. The number of hydrogen-bond donors (Lipinski definition) is 2. The smallest absolute Gasteiger partial charge is 0.242 e. The number of aryl methyl sites for hydroxylation is 3. The summed E-state index contributed by atoms with van der Waals surface area (Å²) in [6.45, 7) is 6.85. The van der Waals surface area contributed by atoms with Gasteiger partial charge < -0.3 is 10.1 Å². The van der Waals surface area contributed by atoms with Crippen LogP contribution >= 0.6 is 11.6 Å². The van der Waals surface area contributed by atoms with E-state index >= 15 is 0 Å². The van der Waals surface area contributed by atoms with Crippen molar-refractivity contribution in [1.29, 1.82) is 0 Å². The average Bonchev–Trinajstić information content (AvgIpc) is 2.69. The Hall–Kier alpha value is -2.87. The van der Waals surface area contributed by atoms with Crippen molar-refractivity contribution in [2.45, 2.75) is 38.6 Å². The Morgan fingerprint density at radius 2 is 1.59 bits per heavy atom. The van der Waals surface area contributed by atoms with Gasteiger partial charge >= 0.3 is 0 Å². The van der Waals surface area contributed by atoms with Gasteiger partial charge in [0, 0.05) is 5.02 Å². The fourth-order valence-electron chi connectivity index (χ4n) is 3.48. The monoisotopic (exact) mass is 472 g/mol. The van der Waals surface area contributed by atoms with E-state index in [4.69, 9.17) is 16.3 Å². The Morgan fingerprint density at radius 3 is 2.22 bits per heavy atom. The quantitative estimate of drug-likeness (QED) is 0.484. The number of benzene rings is 3. The van der Waals surface area contributed by atoms with Crippen LogP contribution in [0.15, 0.2) is 65.6 Å². The van der Waals surface area contributed by atoms with E-state index in [2.05, 4.69) is 10.0 Å². The number of sulfonamides is 1. The Morgan fingerprint density at radius 1 is 0.969 bits per heavy atom. The minimum atomic E-state index is -3.91. The molecule has 0 radical (unpaired) electrons. The fraction of sp³-hybridized carbons (Fsp3) is 0.208. The van der Waals surface area contributed by atoms with Crippen LogP contribution < -0.4 is 14.8 Å². The van der Waals surface area contributed by atoms with Crippen LogP contribution in [-0.2, 0) is 14.8 Å². The first-order valence-corrected chi connectivity index (χ1v) is 11.9. The first-order valence-electron chi connectivity index (χ1n) is 10.0. The number of amides is 1. The maximum atomic E-state index is 13.0. The first kappa shape index (κ1) is 23.8. The zero-order valence-corrected chi connectivity index (χ0v) is 19.8. The van der Waals surface area contributed by atoms with E-state index in [1.54, 1.807) is 56.3 Å². The standard InChI is InChI=1S/C24H25ClN2O4S/c1-15-12-16(2)23(17(3)13-15)32(29,30)27-18(4)24(28)26-21-14-19(25)10-11-22(21)31-20-8-6-5-7-9-20/h5-14,18,27H,1-4H3,(H,26,28). The largest absolute Gasteiger partial charge is 0.455 e. The van der Waals surface area contributed by atoms with Gasteiger partial charge in [-0.2, -0.15) is 4.72 Å². The fourth-order valence-corrected chi connectivity index (χ4v) is 5.31. The molecule has 1 atom stereocenters. The van der Waals surface area contributed by atoms with Gasteiger partial charge in [0.2, 0.25) is 15.9 Å². The Labute approximate surface area is 193 Å². The zero-order chi connectivity index (χ0) is 23.5. The number of rotatable bonds is 7. The Bertz CT molecular complexity index is 1220. The molecule has 2 N–H and O–H groups in total. The second kappa shape index (κ2) is 9.73. The predicted octanol–water partition coefficient (Wildman–Crippen LogP) is 5.36. The summed E-state index contributed by atoms with van der Waals surface area (Å²) in [5.41, 5.74) is 2.55. The maximum Gasteiger partial charge on any atom is 0.242 e. The van der Waals surface area contributed by atoms with Gasteiger partial charge in [-0.3, -0.25) is 4.79 Å². The molecular weight excluding hydrogens is 448 g/mol. The van der Waals surface area contributed by atoms with Crippen LogP contribution in [-0.4, -0.2) is 20.4 Å². The summed E-state index contributed by atoms with van der Waals surface area (Å²) in [6, 6.07) is 16.5. The molecule has 0 spiro atoms. The molecule has 6 nitrogen and oxygen atoms in total. The van der Waals surface area contributed by atoms with Gasteiger partial charge in [-0.25, -0.2) is 8.42 Å². The third kappa shape index (κ3) is 5.68. The van der Waals surface area contributed by atoms with Crippen LogP contribution in [0.1, 0.15) is 23.6 Å². The molecule has 1 unspecified atom stereocenters. The highest BCUT2D eigenvalue weighted by Crippen LogP contribution is 2.32. The van der Waals surface area contributed by atoms with E-state index in [0.717, 1.165) is 5.56 Å². The van der Waals surface area contributed by atoms with Gasteiger partial charge in [0.05, 0.1) is 16.6 Å². The van der Waals surface area contributed by atoms with Crippen LogP contribution in [0.5, 0.6) is 11.5 Å². The molecule has 0 saturated carbocycles. The molecule has 0 fully saturated rings. The molecule has 1 amide bonds. The number of hydrogen-bond acceptors (Lipinski definition) is 4. The van der Waals surface area contributed by atoms with E-state index in [9.17, 15) is 13.2 Å². The van der Waals surface area contributed by atoms with E-state index in [1.807, 2.05) is 25.1 Å². The number of halogens is 1. The van der Waals surface area contributed by atoms with Crippen molar-refractivity contribution in [3.8, 4) is 11.5 Å². The molecule has 3 rings (SSSR count). The summed E-state index contributed by atoms with van der Waals surface area (Å²) in [6.07, 6.45) is 0. The molecular formula is C24H25ClN2O4S. The Balaban J connectivity index is 1.80. The number of anilines is 1. The molecule has 168 valence electrons. The Kier molecular flexibility index (Phi) is 7.23. The van der Waals surface area contributed by atoms with Crippen molar-refractivity contribution in [3.63, 3.8) is 0 Å². The molecule has 8 heteroatoms. The number of nitrogens with one attached hydrogen (secondary N) is 2. The molecule has 0 aliphatic carbocycles. The third-order valence-corrected chi connectivity index (χ3v) is 6.85. The van der Waals surface area contributed by atoms with Crippen LogP contribution in [0, 0.1) is 20.8 Å². The predicted molar refractivity (Wildman–Crippen MR) is 127 cm³/mol. The number of carbonyl (C=O) groups excluding carboxylic acids is 1. The van der Waals surface area contributed by atoms with Gasteiger partial charge in [-0.1, -0.05) is 47.5 Å². The molecule has 3 aromatic rings. The van der Waals surface area contributed by atoms with Crippen LogP contribution in [0.25, 0.3) is 0 Å². The highest BCUT2D eigenvalue weighted by Gasteiger charge is 2.26. The zero-order valence-electron chi connectivity index (χ0n) is 18.3. The molecule has 0 saturated heterocycles. The summed E-state index contributed by atoms with van der Waals surface area (Å²) in [7, 11) is -3.91. The van der Waals surface area contributed by atoms with Crippen LogP contribution in [0.4, 0.5) is 5.69 Å². The summed E-state index contributed by atoms with van der Waals surface area (Å²) in [4.78, 5) is 13.0. The van der Waals surface area contributed by atoms with E-state index in [-0.39, 0.29) is 4.90 Å². The minimum absolute atomic E-state index is 0.179. The minimum Gasteiger partial charge on any atom is -0.455 e. The van der Waals surface area contributed by atoms with E-state index in [1.165, 1.54) is 6.92 Å². The van der Waals surface area contributed by atoms with Gasteiger partial charge in [-0.15, -0.1) is 0 Å². The lowest BCUT2D eigenvalue weighted by atomic mass is 10.1. The highest BCUT2D eigenvalue weighted by molar-refractivity contribution is 7.89. The first-order chi connectivity index (χ1) is 15.1. The summed E-state index contributed by atoms with van der Waals surface area (Å²) >= 11 is 6.10. The third-order valence-electron chi connectivity index (χ3n) is 4.77. The molecule has 32 heavy (non-hydrogen) atoms. The molecule has 0 aliphatic rings. The molecule has 0 heterocycles. The lowest BCUT2D eigenvalue weighted by molar-refractivity contribution is -0.117. The van der Waals surface area contributed by atoms with E-state index < -0.39 is 22.0 Å². The highest BCUT2D eigenvalue weighted by atomic mass is 35.5. The number of para-hydroxylation sites is 1. The van der Waals surface area contributed by atoms with Crippen molar-refractivity contribution >= 4 is 33.2 Å². The topological polar surface area (TPSA) is 84.5 Å². The van der Waals surface area contributed by atoms with Crippen molar-refractivity contribution in [2.24, 2.45) is 0 Å². The summed E-state index contributed by atoms with van der Waals surface area (Å²) < 4.78 is 34.3. The molecule has 0 aliphatic heterocycles. The molecule has 0 aromatic heterocycles. The average molecular weight is 473 g/mol. The normalized spacial score (nSPS) is 12.3. The maximum absolute atomic E-state index is 13.0. The van der Waals surface area contributed by atoms with Gasteiger partial charge in [0.25, 0.3) is 0 Å². The number of carbonyl (C=O) groups is 1. The van der Waals surface area contributed by atoms with Crippen LogP contribution in [0.2, 0.25) is 5.02 Å². The second-order valence-corrected chi connectivity index (χ2v) is 9.70. The van der Waals surface area contributed by atoms with Gasteiger partial charge in [-0.05, 0) is 69.2 Å². The van der Waals surface area contributed by atoms with Crippen LogP contribution in [0.3, 0.4) is 0 Å². The van der Waals surface area contributed by atoms with Gasteiger partial charge in [0.15, 0.2) is 5.75 Å². The summed E-state index contributed by atoms with van der Waals surface area (Å²) in [5.74, 6) is 0.426. The van der Waals surface area contributed by atoms with Gasteiger partial charge in [0.1, 0.15) is 5.75 Å². The van der Waals surface area contributed by atoms with Crippen molar-refractivity contribution in [2.75, 3.05) is 5.32 Å². The molecule has 0 bridgehead atoms. The summed E-state index contributed by atoms with van der Waals surface area (Å²) in [5, 5.41) is 3.11.